The van der Waals surface area contributed by atoms with Gasteiger partial charge in [0, 0.05) is 19.1 Å². The van der Waals surface area contributed by atoms with E-state index in [1.165, 1.54) is 42.9 Å². The molecule has 0 bridgehead atoms. The van der Waals surface area contributed by atoms with Crippen LogP contribution in [0.25, 0.3) is 0 Å². The SMILES string of the molecule is CCc1nn(C)c2c1NCCC1(CCC1)N2. The summed E-state index contributed by atoms with van der Waals surface area (Å²) < 4.78 is 1.99. The molecule has 0 unspecified atom stereocenters. The molecule has 2 heterocycles. The molecule has 2 N–H and O–H groups in total. The molecule has 88 valence electrons. The van der Waals surface area contributed by atoms with Gasteiger partial charge in [-0.2, -0.15) is 5.10 Å². The number of aryl methyl sites for hydroxylation is 2. The van der Waals surface area contributed by atoms with Crippen molar-refractivity contribution in [3.8, 4) is 0 Å². The maximum atomic E-state index is 4.57. The molecule has 0 aromatic carbocycles. The van der Waals surface area contributed by atoms with Crippen LogP contribution in [0.15, 0.2) is 0 Å². The summed E-state index contributed by atoms with van der Waals surface area (Å²) in [5, 5.41) is 11.8. The molecule has 1 aromatic rings. The quantitative estimate of drug-likeness (QED) is 0.762. The smallest absolute Gasteiger partial charge is 0.148 e. The number of nitrogens with zero attached hydrogens (tertiary/aromatic N) is 2. The summed E-state index contributed by atoms with van der Waals surface area (Å²) in [5.41, 5.74) is 2.77. The summed E-state index contributed by atoms with van der Waals surface area (Å²) in [6.07, 6.45) is 6.19. The van der Waals surface area contributed by atoms with E-state index in [0.717, 1.165) is 13.0 Å². The van der Waals surface area contributed by atoms with Crippen molar-refractivity contribution >= 4 is 11.5 Å². The van der Waals surface area contributed by atoms with Gasteiger partial charge in [0.15, 0.2) is 0 Å². The van der Waals surface area contributed by atoms with Crippen LogP contribution in [-0.4, -0.2) is 21.9 Å². The van der Waals surface area contributed by atoms with Gasteiger partial charge in [0.2, 0.25) is 0 Å². The summed E-state index contributed by atoms with van der Waals surface area (Å²) in [7, 11) is 2.03. The number of anilines is 2. The Balaban J connectivity index is 1.99. The fourth-order valence-electron chi connectivity index (χ4n) is 2.88. The van der Waals surface area contributed by atoms with Crippen LogP contribution in [0.3, 0.4) is 0 Å². The first-order valence-electron chi connectivity index (χ1n) is 6.32. The lowest BCUT2D eigenvalue weighted by Gasteiger charge is -2.42. The predicted molar refractivity (Wildman–Crippen MR) is 65.9 cm³/mol. The summed E-state index contributed by atoms with van der Waals surface area (Å²) in [4.78, 5) is 0. The van der Waals surface area contributed by atoms with Crippen molar-refractivity contribution in [2.45, 2.75) is 44.6 Å². The van der Waals surface area contributed by atoms with Crippen LogP contribution in [0.2, 0.25) is 0 Å². The number of fused-ring (bicyclic) bond motifs is 1. The predicted octanol–water partition coefficient (Wildman–Crippen LogP) is 2.13. The highest BCUT2D eigenvalue weighted by molar-refractivity contribution is 5.70. The molecule has 1 aromatic heterocycles. The molecule has 0 radical (unpaired) electrons. The molecule has 1 spiro atoms. The number of nitrogens with one attached hydrogen (secondary N) is 2. The van der Waals surface area contributed by atoms with Crippen LogP contribution >= 0.6 is 0 Å². The van der Waals surface area contributed by atoms with E-state index in [-0.39, 0.29) is 0 Å². The Morgan fingerprint density at radius 3 is 2.81 bits per heavy atom. The van der Waals surface area contributed by atoms with Crippen LogP contribution in [-0.2, 0) is 13.5 Å². The largest absolute Gasteiger partial charge is 0.380 e. The third-order valence-electron chi connectivity index (χ3n) is 4.05. The van der Waals surface area contributed by atoms with E-state index in [9.17, 15) is 0 Å². The van der Waals surface area contributed by atoms with Gasteiger partial charge >= 0.3 is 0 Å². The molecule has 3 rings (SSSR count). The monoisotopic (exact) mass is 220 g/mol. The molecule has 4 nitrogen and oxygen atoms in total. The first-order chi connectivity index (χ1) is 7.74. The molecule has 1 fully saturated rings. The van der Waals surface area contributed by atoms with Crippen molar-refractivity contribution in [1.29, 1.82) is 0 Å². The highest BCUT2D eigenvalue weighted by Crippen LogP contribution is 2.42. The van der Waals surface area contributed by atoms with E-state index in [0.29, 0.717) is 5.54 Å². The molecule has 16 heavy (non-hydrogen) atoms. The molecule has 1 aliphatic carbocycles. The van der Waals surface area contributed by atoms with Gasteiger partial charge in [-0.25, -0.2) is 0 Å². The van der Waals surface area contributed by atoms with E-state index < -0.39 is 0 Å². The van der Waals surface area contributed by atoms with Gasteiger partial charge < -0.3 is 10.6 Å². The standard InChI is InChI=1S/C12H20N4/c1-3-9-10-11(16(2)15-9)14-12(5-4-6-12)7-8-13-10/h13-14H,3-8H2,1-2H3. The van der Waals surface area contributed by atoms with Gasteiger partial charge in [0.25, 0.3) is 0 Å². The third kappa shape index (κ3) is 1.32. The van der Waals surface area contributed by atoms with Crippen LogP contribution in [0.1, 0.15) is 38.3 Å². The van der Waals surface area contributed by atoms with E-state index in [4.69, 9.17) is 0 Å². The van der Waals surface area contributed by atoms with Gasteiger partial charge in [-0.1, -0.05) is 6.92 Å². The fourth-order valence-corrected chi connectivity index (χ4v) is 2.88. The fraction of sp³-hybridized carbons (Fsp3) is 0.750. The normalized spacial score (nSPS) is 21.6. The van der Waals surface area contributed by atoms with Crippen LogP contribution in [0, 0.1) is 0 Å². The van der Waals surface area contributed by atoms with Gasteiger partial charge in [0.1, 0.15) is 11.5 Å². The highest BCUT2D eigenvalue weighted by atomic mass is 15.3. The highest BCUT2D eigenvalue weighted by Gasteiger charge is 2.39. The molecule has 4 heteroatoms. The molecule has 2 aliphatic rings. The second-order valence-electron chi connectivity index (χ2n) is 5.08. The summed E-state index contributed by atoms with van der Waals surface area (Å²) >= 11 is 0. The maximum absolute atomic E-state index is 4.57. The molecule has 1 aliphatic heterocycles. The van der Waals surface area contributed by atoms with E-state index in [1.54, 1.807) is 0 Å². The Kier molecular flexibility index (Phi) is 2.13. The lowest BCUT2D eigenvalue weighted by atomic mass is 9.74. The molecule has 1 saturated carbocycles. The number of aromatic nitrogens is 2. The molecule has 0 atom stereocenters. The van der Waals surface area contributed by atoms with E-state index in [1.807, 2.05) is 11.7 Å². The van der Waals surface area contributed by atoms with E-state index in [2.05, 4.69) is 22.7 Å². The summed E-state index contributed by atoms with van der Waals surface area (Å²) in [5.74, 6) is 1.19. The molecular weight excluding hydrogens is 200 g/mol. The van der Waals surface area contributed by atoms with Crippen LogP contribution in [0.4, 0.5) is 11.5 Å². The van der Waals surface area contributed by atoms with Crippen molar-refractivity contribution in [2.75, 3.05) is 17.2 Å². The number of hydrogen-bond acceptors (Lipinski definition) is 3. The van der Waals surface area contributed by atoms with Gasteiger partial charge in [-0.3, -0.25) is 4.68 Å². The second-order valence-corrected chi connectivity index (χ2v) is 5.08. The topological polar surface area (TPSA) is 41.9 Å². The first kappa shape index (κ1) is 10.00. The Labute approximate surface area is 96.4 Å². The number of hydrogen-bond donors (Lipinski definition) is 2. The van der Waals surface area contributed by atoms with Crippen molar-refractivity contribution in [2.24, 2.45) is 7.05 Å². The minimum Gasteiger partial charge on any atom is -0.380 e. The van der Waals surface area contributed by atoms with Crippen molar-refractivity contribution in [1.82, 2.24) is 9.78 Å². The van der Waals surface area contributed by atoms with Crippen LogP contribution in [0.5, 0.6) is 0 Å². The summed E-state index contributed by atoms with van der Waals surface area (Å²) in [6, 6.07) is 0. The maximum Gasteiger partial charge on any atom is 0.148 e. The third-order valence-corrected chi connectivity index (χ3v) is 4.05. The van der Waals surface area contributed by atoms with Crippen molar-refractivity contribution in [3.63, 3.8) is 0 Å². The lowest BCUT2D eigenvalue weighted by molar-refractivity contribution is 0.266. The minimum absolute atomic E-state index is 0.358. The first-order valence-corrected chi connectivity index (χ1v) is 6.32. The van der Waals surface area contributed by atoms with Gasteiger partial charge in [-0.05, 0) is 32.1 Å². The number of rotatable bonds is 1. The summed E-state index contributed by atoms with van der Waals surface area (Å²) in [6.45, 7) is 3.23. The lowest BCUT2D eigenvalue weighted by Crippen LogP contribution is -2.45. The Hall–Kier alpha value is -1.19. The van der Waals surface area contributed by atoms with Gasteiger partial charge in [0.05, 0.1) is 5.69 Å². The molecule has 0 amide bonds. The minimum atomic E-state index is 0.358. The Morgan fingerprint density at radius 1 is 1.38 bits per heavy atom. The zero-order chi connectivity index (χ0) is 11.2. The van der Waals surface area contributed by atoms with Crippen molar-refractivity contribution < 1.29 is 0 Å². The zero-order valence-corrected chi connectivity index (χ0v) is 10.1. The van der Waals surface area contributed by atoms with Crippen LogP contribution < -0.4 is 10.6 Å². The Bertz CT molecular complexity index is 403. The van der Waals surface area contributed by atoms with Crippen molar-refractivity contribution in [3.05, 3.63) is 5.69 Å². The average Bonchev–Trinajstić information content (AvgIpc) is 2.45. The van der Waals surface area contributed by atoms with Gasteiger partial charge in [-0.15, -0.1) is 0 Å². The average molecular weight is 220 g/mol. The zero-order valence-electron chi connectivity index (χ0n) is 10.1. The Morgan fingerprint density at radius 2 is 2.19 bits per heavy atom. The molecular formula is C12H20N4. The van der Waals surface area contributed by atoms with E-state index >= 15 is 0 Å². The second kappa shape index (κ2) is 3.40. The molecule has 0 saturated heterocycles.